The molecule has 0 amide bonds. The molecular weight excluding hydrogens is 396 g/mol. The first-order valence-electron chi connectivity index (χ1n) is 11.1. The Hall–Kier alpha value is -1.02. The normalized spacial score (nSPS) is 30.8. The number of aliphatic hydroxyl groups excluding tert-OH is 1. The summed E-state index contributed by atoms with van der Waals surface area (Å²) in [7, 11) is -1.94. The number of hydrogen-bond donors (Lipinski definition) is 1. The van der Waals surface area contributed by atoms with E-state index in [1.165, 1.54) is 0 Å². The Labute approximate surface area is 182 Å². The summed E-state index contributed by atoms with van der Waals surface area (Å²) in [6.07, 6.45) is 5.73. The topological polar surface area (TPSA) is 57.2 Å². The van der Waals surface area contributed by atoms with E-state index in [9.17, 15) is 0 Å². The Bertz CT molecular complexity index is 685. The standard InChI is InChI=1S/C24H38O5Si/c1-24(2,3)30(4,5)29-21-15-14-20-22(27-19(21)13-9-10-16-25)17-26-23(28-20)18-11-7-6-8-12-18/h6-12,19-23,25H,13-17H2,1-5H3/b10-9+/t19-,20-,21+,22+,23+/m0/s1. The van der Waals surface area contributed by atoms with Crippen LogP contribution < -0.4 is 0 Å². The van der Waals surface area contributed by atoms with Crippen LogP contribution >= 0.6 is 0 Å². The van der Waals surface area contributed by atoms with E-state index in [1.54, 1.807) is 6.08 Å². The summed E-state index contributed by atoms with van der Waals surface area (Å²) in [6, 6.07) is 10.1. The molecule has 0 aromatic heterocycles. The van der Waals surface area contributed by atoms with Crippen molar-refractivity contribution in [2.24, 2.45) is 0 Å². The second-order valence-electron chi connectivity index (χ2n) is 9.85. The lowest BCUT2D eigenvalue weighted by atomic mass is 10.0. The number of ether oxygens (including phenoxy) is 3. The Morgan fingerprint density at radius 2 is 1.80 bits per heavy atom. The SMILES string of the molecule is CC(C)(C)[Si](C)(C)O[C@@H]1CC[C@@H]2O[C@H](c3ccccc3)OC[C@H]2O[C@H]1C/C=C/CO. The highest BCUT2D eigenvalue weighted by atomic mass is 28.4. The number of benzene rings is 1. The van der Waals surface area contributed by atoms with Gasteiger partial charge in [0, 0.05) is 5.56 Å². The lowest BCUT2D eigenvalue weighted by Gasteiger charge is -2.41. The van der Waals surface area contributed by atoms with Crippen LogP contribution in [0.2, 0.25) is 18.1 Å². The molecule has 0 unspecified atom stereocenters. The number of hydrogen-bond acceptors (Lipinski definition) is 5. The van der Waals surface area contributed by atoms with Gasteiger partial charge in [0.05, 0.1) is 31.5 Å². The Balaban J connectivity index is 1.74. The third-order valence-corrected chi connectivity index (χ3v) is 11.1. The summed E-state index contributed by atoms with van der Waals surface area (Å²) < 4.78 is 25.7. The lowest BCUT2D eigenvalue weighted by Crippen LogP contribution is -2.48. The first kappa shape index (κ1) is 23.6. The predicted octanol–water partition coefficient (Wildman–Crippen LogP) is 4.98. The molecule has 0 bridgehead atoms. The van der Waals surface area contributed by atoms with E-state index >= 15 is 0 Å². The van der Waals surface area contributed by atoms with E-state index in [0.29, 0.717) is 13.0 Å². The van der Waals surface area contributed by atoms with Gasteiger partial charge in [-0.1, -0.05) is 63.3 Å². The van der Waals surface area contributed by atoms with Gasteiger partial charge >= 0.3 is 0 Å². The number of fused-ring (bicyclic) bond motifs is 1. The molecule has 5 atom stereocenters. The van der Waals surface area contributed by atoms with Crippen molar-refractivity contribution in [1.82, 2.24) is 0 Å². The molecule has 1 aromatic carbocycles. The van der Waals surface area contributed by atoms with E-state index in [1.807, 2.05) is 36.4 Å². The van der Waals surface area contributed by atoms with E-state index in [-0.39, 0.29) is 42.4 Å². The fourth-order valence-electron chi connectivity index (χ4n) is 3.77. The molecule has 6 heteroatoms. The lowest BCUT2D eigenvalue weighted by molar-refractivity contribution is -0.270. The van der Waals surface area contributed by atoms with Gasteiger partial charge in [-0.2, -0.15) is 0 Å². The van der Waals surface area contributed by atoms with Crippen molar-refractivity contribution in [2.75, 3.05) is 13.2 Å². The van der Waals surface area contributed by atoms with Gasteiger partial charge in [-0.3, -0.25) is 0 Å². The van der Waals surface area contributed by atoms with Gasteiger partial charge in [0.2, 0.25) is 0 Å². The van der Waals surface area contributed by atoms with Crippen molar-refractivity contribution < 1.29 is 23.7 Å². The molecule has 0 saturated carbocycles. The molecule has 2 aliphatic rings. The van der Waals surface area contributed by atoms with Crippen LogP contribution in [0, 0.1) is 0 Å². The summed E-state index contributed by atoms with van der Waals surface area (Å²) in [6.45, 7) is 11.9. The van der Waals surface area contributed by atoms with Gasteiger partial charge in [-0.05, 0) is 37.4 Å². The van der Waals surface area contributed by atoms with E-state index in [2.05, 4.69) is 33.9 Å². The predicted molar refractivity (Wildman–Crippen MR) is 121 cm³/mol. The zero-order chi connectivity index (χ0) is 21.8. The average Bonchev–Trinajstić information content (AvgIpc) is 2.87. The quantitative estimate of drug-likeness (QED) is 0.506. The Kier molecular flexibility index (Phi) is 7.93. The third kappa shape index (κ3) is 5.81. The van der Waals surface area contributed by atoms with Crippen LogP contribution in [0.4, 0.5) is 0 Å². The monoisotopic (exact) mass is 434 g/mol. The molecule has 5 nitrogen and oxygen atoms in total. The average molecular weight is 435 g/mol. The largest absolute Gasteiger partial charge is 0.411 e. The fraction of sp³-hybridized carbons (Fsp3) is 0.667. The maximum Gasteiger partial charge on any atom is 0.192 e. The highest BCUT2D eigenvalue weighted by Crippen LogP contribution is 2.40. The number of aliphatic hydroxyl groups is 1. The minimum Gasteiger partial charge on any atom is -0.411 e. The van der Waals surface area contributed by atoms with Crippen LogP contribution in [0.3, 0.4) is 0 Å². The van der Waals surface area contributed by atoms with Crippen molar-refractivity contribution in [3.8, 4) is 0 Å². The second-order valence-corrected chi connectivity index (χ2v) is 14.6. The highest BCUT2D eigenvalue weighted by molar-refractivity contribution is 6.74. The summed E-state index contributed by atoms with van der Waals surface area (Å²) in [4.78, 5) is 0. The van der Waals surface area contributed by atoms with Crippen molar-refractivity contribution in [3.63, 3.8) is 0 Å². The zero-order valence-corrected chi connectivity index (χ0v) is 20.0. The molecule has 2 heterocycles. The molecule has 2 fully saturated rings. The van der Waals surface area contributed by atoms with Crippen LogP contribution in [0.25, 0.3) is 0 Å². The molecule has 0 radical (unpaired) electrons. The van der Waals surface area contributed by atoms with Gasteiger partial charge in [0.1, 0.15) is 6.10 Å². The van der Waals surface area contributed by atoms with Gasteiger partial charge < -0.3 is 23.7 Å². The van der Waals surface area contributed by atoms with Crippen molar-refractivity contribution in [2.45, 2.75) is 88.9 Å². The maximum atomic E-state index is 9.14. The van der Waals surface area contributed by atoms with Crippen LogP contribution in [0.15, 0.2) is 42.5 Å². The highest BCUT2D eigenvalue weighted by Gasteiger charge is 2.44. The van der Waals surface area contributed by atoms with Crippen LogP contribution in [0.1, 0.15) is 51.9 Å². The Morgan fingerprint density at radius 1 is 1.07 bits per heavy atom. The van der Waals surface area contributed by atoms with Crippen LogP contribution in [-0.2, 0) is 18.6 Å². The summed E-state index contributed by atoms with van der Waals surface area (Å²) in [5.41, 5.74) is 1.04. The molecule has 1 N–H and O–H groups in total. The van der Waals surface area contributed by atoms with Gasteiger partial charge in [-0.25, -0.2) is 0 Å². The number of rotatable bonds is 6. The van der Waals surface area contributed by atoms with Crippen molar-refractivity contribution in [1.29, 1.82) is 0 Å². The molecular formula is C24H38O5Si. The van der Waals surface area contributed by atoms with Gasteiger partial charge in [-0.15, -0.1) is 0 Å². The summed E-state index contributed by atoms with van der Waals surface area (Å²) in [5.74, 6) is 0. The van der Waals surface area contributed by atoms with E-state index < -0.39 is 8.32 Å². The van der Waals surface area contributed by atoms with Gasteiger partial charge in [0.15, 0.2) is 14.6 Å². The minimum atomic E-state index is -1.94. The first-order chi connectivity index (χ1) is 14.2. The zero-order valence-electron chi connectivity index (χ0n) is 19.0. The fourth-order valence-corrected chi connectivity index (χ4v) is 5.15. The van der Waals surface area contributed by atoms with E-state index in [0.717, 1.165) is 18.4 Å². The molecule has 0 spiro atoms. The Morgan fingerprint density at radius 3 is 2.47 bits per heavy atom. The third-order valence-electron chi connectivity index (χ3n) is 6.59. The molecule has 2 saturated heterocycles. The molecule has 0 aliphatic carbocycles. The van der Waals surface area contributed by atoms with Crippen LogP contribution in [-0.4, -0.2) is 51.1 Å². The molecule has 30 heavy (non-hydrogen) atoms. The molecule has 168 valence electrons. The summed E-state index contributed by atoms with van der Waals surface area (Å²) >= 11 is 0. The van der Waals surface area contributed by atoms with Crippen molar-refractivity contribution in [3.05, 3.63) is 48.0 Å². The molecule has 1 aromatic rings. The van der Waals surface area contributed by atoms with E-state index in [4.69, 9.17) is 23.7 Å². The molecule has 3 rings (SSSR count). The van der Waals surface area contributed by atoms with Crippen molar-refractivity contribution >= 4 is 8.32 Å². The molecule has 2 aliphatic heterocycles. The first-order valence-corrected chi connectivity index (χ1v) is 14.0. The van der Waals surface area contributed by atoms with Gasteiger partial charge in [0.25, 0.3) is 0 Å². The minimum absolute atomic E-state index is 0.0126. The van der Waals surface area contributed by atoms with Crippen LogP contribution in [0.5, 0.6) is 0 Å². The second kappa shape index (κ2) is 10.1. The maximum absolute atomic E-state index is 9.14. The summed E-state index contributed by atoms with van der Waals surface area (Å²) in [5, 5.41) is 9.28. The smallest absolute Gasteiger partial charge is 0.192 e.